The first kappa shape index (κ1) is 31.2. The predicted molar refractivity (Wildman–Crippen MR) is 179 cm³/mol. The third-order valence-corrected chi connectivity index (χ3v) is 7.69. The molecule has 2 aromatic heterocycles. The van der Waals surface area contributed by atoms with Crippen LogP contribution < -0.4 is 14.8 Å². The summed E-state index contributed by atoms with van der Waals surface area (Å²) in [6.07, 6.45) is 3.88. The fourth-order valence-electron chi connectivity index (χ4n) is 5.46. The van der Waals surface area contributed by atoms with Crippen molar-refractivity contribution in [2.75, 3.05) is 26.2 Å². The number of halogens is 1. The van der Waals surface area contributed by atoms with Gasteiger partial charge in [0.2, 0.25) is 0 Å². The van der Waals surface area contributed by atoms with Crippen molar-refractivity contribution in [2.45, 2.75) is 32.1 Å². The maximum absolute atomic E-state index is 6.24. The molecule has 2 saturated heterocycles. The van der Waals surface area contributed by atoms with Crippen LogP contribution in [-0.2, 0) is 0 Å². The number of benzene rings is 4. The Balaban J connectivity index is 0.000000190. The van der Waals surface area contributed by atoms with Crippen molar-refractivity contribution in [3.8, 4) is 11.5 Å². The third-order valence-electron chi connectivity index (χ3n) is 7.69. The van der Waals surface area contributed by atoms with Crippen LogP contribution in [0.25, 0.3) is 21.9 Å². The van der Waals surface area contributed by atoms with Crippen LogP contribution in [0.15, 0.2) is 131 Å². The number of ether oxygens (including phenoxy) is 2. The van der Waals surface area contributed by atoms with E-state index in [9.17, 15) is 0 Å². The monoisotopic (exact) mass is 610 g/mol. The molecule has 0 atom stereocenters. The van der Waals surface area contributed by atoms with Gasteiger partial charge in [-0.2, -0.15) is 0 Å². The minimum absolute atomic E-state index is 0. The molecule has 1 N–H and O–H groups in total. The fraction of sp³-hybridized carbons (Fsp3) is 0.243. The van der Waals surface area contributed by atoms with Gasteiger partial charge in [-0.15, -0.1) is 12.4 Å². The van der Waals surface area contributed by atoms with Gasteiger partial charge in [0.05, 0.1) is 18.6 Å². The first-order valence-corrected chi connectivity index (χ1v) is 15.1. The Bertz CT molecular complexity index is 1670. The van der Waals surface area contributed by atoms with E-state index in [1.807, 2.05) is 62.4 Å². The van der Waals surface area contributed by atoms with Gasteiger partial charge in [-0.1, -0.05) is 98.8 Å². The summed E-state index contributed by atoms with van der Waals surface area (Å²) >= 11 is 0. The second-order valence-electron chi connectivity index (χ2n) is 10.5. The van der Waals surface area contributed by atoms with E-state index >= 15 is 0 Å². The number of para-hydroxylation sites is 2. The lowest BCUT2D eigenvalue weighted by atomic mass is 9.94. The Morgan fingerprint density at radius 2 is 1.09 bits per heavy atom. The average Bonchev–Trinajstić information content (AvgIpc) is 3.71. The Morgan fingerprint density at radius 1 is 0.614 bits per heavy atom. The molecule has 6 nitrogen and oxygen atoms in total. The summed E-state index contributed by atoms with van der Waals surface area (Å²) in [7, 11) is 0. The summed E-state index contributed by atoms with van der Waals surface area (Å²) in [6, 6.07) is 37.5. The molecule has 0 bridgehead atoms. The van der Waals surface area contributed by atoms with Gasteiger partial charge in [0, 0.05) is 37.0 Å². The normalized spacial score (nSPS) is 14.8. The zero-order valence-electron chi connectivity index (χ0n) is 25.1. The minimum Gasteiger partial charge on any atom is -0.484 e. The predicted octanol–water partition coefficient (Wildman–Crippen LogP) is 8.52. The molecular weight excluding hydrogens is 572 g/mol. The lowest BCUT2D eigenvalue weighted by Gasteiger charge is -2.44. The molecule has 0 radical (unpaired) electrons. The zero-order chi connectivity index (χ0) is 29.4. The van der Waals surface area contributed by atoms with Gasteiger partial charge in [0.1, 0.15) is 12.2 Å². The molecule has 4 aromatic carbocycles. The van der Waals surface area contributed by atoms with Crippen LogP contribution in [0.4, 0.5) is 0 Å². The lowest BCUT2D eigenvalue weighted by molar-refractivity contribution is 0.000628. The van der Waals surface area contributed by atoms with Crippen LogP contribution in [0.1, 0.15) is 31.0 Å². The fourth-order valence-corrected chi connectivity index (χ4v) is 5.46. The summed E-state index contributed by atoms with van der Waals surface area (Å²) in [6.45, 7) is 7.64. The minimum atomic E-state index is 0. The highest BCUT2D eigenvalue weighted by Crippen LogP contribution is 2.35. The second-order valence-corrected chi connectivity index (χ2v) is 10.5. The summed E-state index contributed by atoms with van der Waals surface area (Å²) in [4.78, 5) is 2.47. The molecule has 2 aliphatic rings. The molecule has 8 rings (SSSR count). The largest absolute Gasteiger partial charge is 0.484 e. The molecule has 6 aromatic rings. The zero-order valence-corrected chi connectivity index (χ0v) is 25.9. The van der Waals surface area contributed by atoms with E-state index in [2.05, 4.69) is 70.9 Å². The van der Waals surface area contributed by atoms with Gasteiger partial charge in [0.25, 0.3) is 0 Å². The summed E-state index contributed by atoms with van der Waals surface area (Å²) < 4.78 is 23.0. The highest BCUT2D eigenvalue weighted by Gasteiger charge is 2.35. The van der Waals surface area contributed by atoms with Crippen molar-refractivity contribution in [3.63, 3.8) is 0 Å². The maximum atomic E-state index is 6.24. The van der Waals surface area contributed by atoms with Crippen LogP contribution in [0.5, 0.6) is 11.5 Å². The molecule has 0 unspecified atom stereocenters. The van der Waals surface area contributed by atoms with Crippen molar-refractivity contribution in [3.05, 3.63) is 133 Å². The van der Waals surface area contributed by atoms with E-state index in [4.69, 9.17) is 18.3 Å². The molecule has 0 spiro atoms. The summed E-state index contributed by atoms with van der Waals surface area (Å²) in [5.41, 5.74) is 4.31. The van der Waals surface area contributed by atoms with Gasteiger partial charge in [0.15, 0.2) is 22.7 Å². The van der Waals surface area contributed by atoms with E-state index in [0.29, 0.717) is 6.10 Å². The molecule has 44 heavy (non-hydrogen) atoms. The maximum Gasteiger partial charge on any atom is 0.175 e. The number of hydrogen-bond acceptors (Lipinski definition) is 6. The Kier molecular flexibility index (Phi) is 10.6. The van der Waals surface area contributed by atoms with E-state index in [1.54, 1.807) is 12.5 Å². The first-order chi connectivity index (χ1) is 21.3. The number of nitrogens with zero attached hydrogens (tertiary/aromatic N) is 1. The standard InChI is InChI=1S/C24H21NO2.C11H11NO2.C2H6.ClH/c1-3-8-18(9-4-1)23(19-10-5-2-6-11-19)25-16-21(17-25)27-22-13-7-12-20-14-15-26-24(20)22;1-2-8-4-5-13-11(8)10(3-1)14-9-6-12-7-9;1-2;/h1-15,21,23H,16-17H2;1-5,9,12H,6-7H2;1-2H3;1H. The molecule has 2 aliphatic heterocycles. The Labute approximate surface area is 265 Å². The lowest BCUT2D eigenvalue weighted by Crippen LogP contribution is -2.55. The summed E-state index contributed by atoms with van der Waals surface area (Å²) in [5, 5.41) is 5.34. The number of likely N-dealkylation sites (tertiary alicyclic amines) is 1. The molecule has 2 fully saturated rings. The molecule has 0 amide bonds. The molecule has 4 heterocycles. The second kappa shape index (κ2) is 15.0. The van der Waals surface area contributed by atoms with Crippen molar-refractivity contribution < 1.29 is 18.3 Å². The van der Waals surface area contributed by atoms with Crippen LogP contribution in [0.2, 0.25) is 0 Å². The highest BCUT2D eigenvalue weighted by molar-refractivity contribution is 5.85. The number of hydrogen-bond donors (Lipinski definition) is 1. The van der Waals surface area contributed by atoms with Gasteiger partial charge in [-0.3, -0.25) is 4.90 Å². The number of rotatable bonds is 7. The van der Waals surface area contributed by atoms with Crippen molar-refractivity contribution in [1.29, 1.82) is 0 Å². The number of furan rings is 2. The van der Waals surface area contributed by atoms with E-state index in [-0.39, 0.29) is 24.6 Å². The highest BCUT2D eigenvalue weighted by atomic mass is 35.5. The van der Waals surface area contributed by atoms with E-state index in [0.717, 1.165) is 59.6 Å². The van der Waals surface area contributed by atoms with Crippen LogP contribution in [0.3, 0.4) is 0 Å². The van der Waals surface area contributed by atoms with Crippen LogP contribution >= 0.6 is 12.4 Å². The number of fused-ring (bicyclic) bond motifs is 2. The molecule has 7 heteroatoms. The summed E-state index contributed by atoms with van der Waals surface area (Å²) in [5.74, 6) is 1.68. The smallest absolute Gasteiger partial charge is 0.175 e. The Morgan fingerprint density at radius 3 is 1.55 bits per heavy atom. The number of nitrogens with one attached hydrogen (secondary N) is 1. The SMILES string of the molecule is CC.Cl.c1cc(OC2CNC2)c2occc2c1.c1ccc(C(c2ccccc2)N2CC(Oc3cccc4ccoc34)C2)cc1. The topological polar surface area (TPSA) is 60.0 Å². The van der Waals surface area contributed by atoms with E-state index < -0.39 is 0 Å². The van der Waals surface area contributed by atoms with Crippen LogP contribution in [0, 0.1) is 0 Å². The molecule has 0 saturated carbocycles. The quantitative estimate of drug-likeness (QED) is 0.195. The van der Waals surface area contributed by atoms with Crippen molar-refractivity contribution in [2.24, 2.45) is 0 Å². The first-order valence-electron chi connectivity index (χ1n) is 15.1. The van der Waals surface area contributed by atoms with E-state index in [1.165, 1.54) is 11.1 Å². The van der Waals surface area contributed by atoms with Gasteiger partial charge in [-0.25, -0.2) is 0 Å². The van der Waals surface area contributed by atoms with Gasteiger partial charge in [-0.05, 0) is 35.4 Å². The molecule has 228 valence electrons. The van der Waals surface area contributed by atoms with Crippen molar-refractivity contribution in [1.82, 2.24) is 10.2 Å². The van der Waals surface area contributed by atoms with Gasteiger partial charge >= 0.3 is 0 Å². The molecule has 0 aliphatic carbocycles. The Hall–Kier alpha value is -4.23. The van der Waals surface area contributed by atoms with Gasteiger partial charge < -0.3 is 23.6 Å². The van der Waals surface area contributed by atoms with Crippen molar-refractivity contribution >= 4 is 34.3 Å². The van der Waals surface area contributed by atoms with Crippen LogP contribution in [-0.4, -0.2) is 43.3 Å². The molecular formula is C37H39ClN2O4. The third kappa shape index (κ3) is 6.94. The average molecular weight is 611 g/mol.